The topological polar surface area (TPSA) is 78.9 Å². The quantitative estimate of drug-likeness (QED) is 0.327. The van der Waals surface area contributed by atoms with Gasteiger partial charge in [-0.25, -0.2) is 4.99 Å². The van der Waals surface area contributed by atoms with E-state index in [1.54, 1.807) is 16.9 Å². The fourth-order valence-electron chi connectivity index (χ4n) is 2.15. The van der Waals surface area contributed by atoms with E-state index in [9.17, 15) is 0 Å². The molecule has 0 fully saturated rings. The molecule has 0 saturated heterocycles. The van der Waals surface area contributed by atoms with Crippen LogP contribution >= 0.6 is 23.4 Å². The fraction of sp³-hybridized carbons (Fsp3) is 0.125. The molecular weight excluding hydrogens is 344 g/mol. The number of nitrogens with zero attached hydrogens (tertiary/aromatic N) is 5. The van der Waals surface area contributed by atoms with Crippen LogP contribution in [0, 0.1) is 18.4 Å². The molecule has 6 nitrogen and oxygen atoms in total. The number of nitrogens with one attached hydrogen (secondary N) is 1. The van der Waals surface area contributed by atoms with Crippen molar-refractivity contribution in [1.29, 1.82) is 5.26 Å². The molecule has 0 radical (unpaired) electrons. The van der Waals surface area contributed by atoms with Gasteiger partial charge in [-0.3, -0.25) is 5.32 Å². The van der Waals surface area contributed by atoms with Crippen molar-refractivity contribution in [1.82, 2.24) is 20.3 Å². The Morgan fingerprint density at radius 2 is 1.92 bits per heavy atom. The first-order valence-corrected chi connectivity index (χ1v) is 8.62. The summed E-state index contributed by atoms with van der Waals surface area (Å²) in [5.41, 5.74) is 4.04. The van der Waals surface area contributed by atoms with Gasteiger partial charge in [0, 0.05) is 5.02 Å². The van der Waals surface area contributed by atoms with Crippen molar-refractivity contribution in [3.63, 3.8) is 0 Å². The van der Waals surface area contributed by atoms with Gasteiger partial charge in [0.25, 0.3) is 0 Å². The Balaban J connectivity index is 2.05. The Kier molecular flexibility index (Phi) is 4.69. The normalized spacial score (nSPS) is 11.5. The lowest BCUT2D eigenvalue weighted by molar-refractivity contribution is 0.766. The number of hydrogen-bond donors (Lipinski definition) is 1. The first-order valence-electron chi connectivity index (χ1n) is 7.02. The summed E-state index contributed by atoms with van der Waals surface area (Å²) in [5.74, 6) is 0. The predicted octanol–water partition coefficient (Wildman–Crippen LogP) is 3.80. The van der Waals surface area contributed by atoms with E-state index in [1.807, 2.05) is 43.6 Å². The van der Waals surface area contributed by atoms with E-state index < -0.39 is 0 Å². The number of nitriles is 1. The monoisotopic (exact) mass is 356 g/mol. The lowest BCUT2D eigenvalue weighted by Crippen LogP contribution is -2.12. The predicted molar refractivity (Wildman–Crippen MR) is 98.0 cm³/mol. The van der Waals surface area contributed by atoms with Gasteiger partial charge in [0.2, 0.25) is 0 Å². The highest BCUT2D eigenvalue weighted by Crippen LogP contribution is 2.25. The van der Waals surface area contributed by atoms with Gasteiger partial charge in [-0.15, -0.1) is 10.2 Å². The van der Waals surface area contributed by atoms with Crippen molar-refractivity contribution in [2.75, 3.05) is 6.26 Å². The van der Waals surface area contributed by atoms with Crippen molar-refractivity contribution in [3.8, 4) is 11.9 Å². The molecule has 24 heavy (non-hydrogen) atoms. The molecule has 3 aromatic rings. The molecule has 1 aromatic heterocycles. The third kappa shape index (κ3) is 3.35. The number of halogens is 1. The maximum atomic E-state index is 8.75. The van der Waals surface area contributed by atoms with E-state index in [4.69, 9.17) is 16.9 Å². The van der Waals surface area contributed by atoms with E-state index in [0.29, 0.717) is 10.2 Å². The van der Waals surface area contributed by atoms with Gasteiger partial charge in [-0.1, -0.05) is 23.4 Å². The van der Waals surface area contributed by atoms with Crippen LogP contribution in [0.15, 0.2) is 41.4 Å². The highest BCUT2D eigenvalue weighted by Gasteiger charge is 2.09. The van der Waals surface area contributed by atoms with Gasteiger partial charge in [0.15, 0.2) is 11.4 Å². The molecule has 0 unspecified atom stereocenters. The molecule has 0 amide bonds. The molecule has 1 heterocycles. The molecule has 0 saturated carbocycles. The Labute approximate surface area is 148 Å². The summed E-state index contributed by atoms with van der Waals surface area (Å²) in [6, 6.07) is 11.1. The SMILES string of the molecule is CSC(=Nc1cc2nn(-c3ccc(Cl)cc3)nc2cc1C)NC#N. The lowest BCUT2D eigenvalue weighted by Gasteiger charge is -2.02. The second-order valence-electron chi connectivity index (χ2n) is 4.95. The zero-order valence-corrected chi connectivity index (χ0v) is 14.6. The van der Waals surface area contributed by atoms with Crippen LogP contribution in [-0.4, -0.2) is 26.4 Å². The molecule has 0 aliphatic heterocycles. The smallest absolute Gasteiger partial charge is 0.183 e. The highest BCUT2D eigenvalue weighted by atomic mass is 35.5. The van der Waals surface area contributed by atoms with Gasteiger partial charge in [0.05, 0.1) is 11.4 Å². The Hall–Kier alpha value is -2.56. The van der Waals surface area contributed by atoms with E-state index in [1.165, 1.54) is 11.8 Å². The minimum Gasteiger partial charge on any atom is -0.271 e. The van der Waals surface area contributed by atoms with Crippen LogP contribution in [0.2, 0.25) is 5.02 Å². The van der Waals surface area contributed by atoms with E-state index in [-0.39, 0.29) is 0 Å². The van der Waals surface area contributed by atoms with E-state index in [2.05, 4.69) is 20.5 Å². The number of aryl methyl sites for hydroxylation is 1. The summed E-state index contributed by atoms with van der Waals surface area (Å²) in [4.78, 5) is 6.03. The van der Waals surface area contributed by atoms with Crippen molar-refractivity contribution < 1.29 is 0 Å². The number of benzene rings is 2. The maximum Gasteiger partial charge on any atom is 0.183 e. The minimum atomic E-state index is 0.532. The number of fused-ring (bicyclic) bond motifs is 1. The minimum absolute atomic E-state index is 0.532. The van der Waals surface area contributed by atoms with Gasteiger partial charge in [-0.2, -0.15) is 10.1 Å². The molecular formula is C16H13ClN6S. The average molecular weight is 357 g/mol. The van der Waals surface area contributed by atoms with Crippen LogP contribution in [0.3, 0.4) is 0 Å². The Bertz CT molecular complexity index is 955. The van der Waals surface area contributed by atoms with E-state index in [0.717, 1.165) is 28.0 Å². The highest BCUT2D eigenvalue weighted by molar-refractivity contribution is 8.13. The standard InChI is InChI=1S/C16H13ClN6S/c1-10-7-14-15(8-13(10)20-16(24-2)19-9-18)22-23(21-14)12-5-3-11(17)4-6-12/h3-8H,1-2H3,(H,19,20). The van der Waals surface area contributed by atoms with Crippen LogP contribution in [0.5, 0.6) is 0 Å². The number of rotatable bonds is 2. The first-order chi connectivity index (χ1) is 11.6. The van der Waals surface area contributed by atoms with Gasteiger partial charge in [0.1, 0.15) is 11.0 Å². The van der Waals surface area contributed by atoms with E-state index >= 15 is 0 Å². The molecule has 1 N–H and O–H groups in total. The third-order valence-electron chi connectivity index (χ3n) is 3.33. The average Bonchev–Trinajstić information content (AvgIpc) is 2.98. The van der Waals surface area contributed by atoms with Gasteiger partial charge in [-0.05, 0) is 55.1 Å². The third-order valence-corrected chi connectivity index (χ3v) is 4.17. The molecule has 0 spiro atoms. The summed E-state index contributed by atoms with van der Waals surface area (Å²) < 4.78 is 0. The van der Waals surface area contributed by atoms with Gasteiger partial charge < -0.3 is 0 Å². The maximum absolute atomic E-state index is 8.75. The number of hydrogen-bond acceptors (Lipinski definition) is 5. The van der Waals surface area contributed by atoms with Crippen LogP contribution < -0.4 is 5.32 Å². The number of aliphatic imine (C=N–C) groups is 1. The largest absolute Gasteiger partial charge is 0.271 e. The molecule has 8 heteroatoms. The molecule has 120 valence electrons. The van der Waals surface area contributed by atoms with Crippen LogP contribution in [0.4, 0.5) is 5.69 Å². The lowest BCUT2D eigenvalue weighted by atomic mass is 10.2. The summed E-state index contributed by atoms with van der Waals surface area (Å²) in [5, 5.41) is 21.5. The number of amidine groups is 1. The first kappa shape index (κ1) is 16.3. The molecule has 2 aromatic carbocycles. The zero-order valence-electron chi connectivity index (χ0n) is 13.0. The van der Waals surface area contributed by atoms with Crippen molar-refractivity contribution in [3.05, 3.63) is 47.0 Å². The summed E-state index contributed by atoms with van der Waals surface area (Å²) in [6.45, 7) is 1.95. The fourth-order valence-corrected chi connectivity index (χ4v) is 2.61. The van der Waals surface area contributed by atoms with Crippen LogP contribution in [0.25, 0.3) is 16.7 Å². The summed E-state index contributed by atoms with van der Waals surface area (Å²) in [7, 11) is 0. The summed E-state index contributed by atoms with van der Waals surface area (Å²) >= 11 is 7.28. The molecule has 3 rings (SSSR count). The van der Waals surface area contributed by atoms with Crippen molar-refractivity contribution in [2.24, 2.45) is 4.99 Å². The molecule has 0 bridgehead atoms. The molecule has 0 aliphatic carbocycles. The number of thioether (sulfide) groups is 1. The number of aromatic nitrogens is 3. The second kappa shape index (κ2) is 6.91. The molecule has 0 atom stereocenters. The van der Waals surface area contributed by atoms with Crippen LogP contribution in [-0.2, 0) is 0 Å². The second-order valence-corrected chi connectivity index (χ2v) is 6.18. The van der Waals surface area contributed by atoms with Crippen molar-refractivity contribution >= 4 is 45.3 Å². The summed E-state index contributed by atoms with van der Waals surface area (Å²) in [6.07, 6.45) is 3.74. The zero-order chi connectivity index (χ0) is 17.1. The van der Waals surface area contributed by atoms with Crippen molar-refractivity contribution in [2.45, 2.75) is 6.92 Å². The Morgan fingerprint density at radius 1 is 1.25 bits per heavy atom. The van der Waals surface area contributed by atoms with Gasteiger partial charge >= 0.3 is 0 Å². The van der Waals surface area contributed by atoms with Crippen LogP contribution in [0.1, 0.15) is 5.56 Å². The Morgan fingerprint density at radius 3 is 2.54 bits per heavy atom. The molecule has 0 aliphatic rings.